The van der Waals surface area contributed by atoms with E-state index >= 15 is 0 Å². The van der Waals surface area contributed by atoms with Crippen molar-refractivity contribution in [3.05, 3.63) is 0 Å². The summed E-state index contributed by atoms with van der Waals surface area (Å²) in [6.07, 6.45) is 3.62. The van der Waals surface area contributed by atoms with E-state index < -0.39 is 6.10 Å². The van der Waals surface area contributed by atoms with Crippen molar-refractivity contribution in [3.63, 3.8) is 0 Å². The Bertz CT molecular complexity index is 217. The molecular weight excluding hydrogens is 208 g/mol. The van der Waals surface area contributed by atoms with Crippen molar-refractivity contribution in [1.29, 1.82) is 0 Å². The fourth-order valence-corrected chi connectivity index (χ4v) is 2.00. The quantitative estimate of drug-likeness (QED) is 0.677. The van der Waals surface area contributed by atoms with E-state index in [4.69, 9.17) is 14.2 Å². The zero-order valence-corrected chi connectivity index (χ0v) is 10.4. The topological polar surface area (TPSA) is 44.8 Å². The number of methoxy groups -OCH3 is 1. The molecule has 0 aliphatic heterocycles. The number of hydrogen-bond donors (Lipinski definition) is 0. The van der Waals surface area contributed by atoms with Gasteiger partial charge in [-0.2, -0.15) is 0 Å². The van der Waals surface area contributed by atoms with E-state index in [0.29, 0.717) is 6.61 Å². The van der Waals surface area contributed by atoms with Crippen LogP contribution >= 0.6 is 0 Å². The maximum Gasteiger partial charge on any atom is 0.335 e. The summed E-state index contributed by atoms with van der Waals surface area (Å²) in [7, 11) is 1.71. The zero-order chi connectivity index (χ0) is 12.0. The standard InChI is InChI=1S/C12H22O4/c1-4-15-9(2)12(13)16-11-7-5-6-10(8-11)14-3/h9-11H,4-8H2,1-3H3/t9-,10-,11+/m1/s1. The molecule has 0 N–H and O–H groups in total. The van der Waals surface area contributed by atoms with E-state index in [9.17, 15) is 4.79 Å². The van der Waals surface area contributed by atoms with Crippen molar-refractivity contribution in [2.75, 3.05) is 13.7 Å². The highest BCUT2D eigenvalue weighted by Gasteiger charge is 2.26. The Balaban J connectivity index is 2.32. The minimum Gasteiger partial charge on any atom is -0.460 e. The molecule has 0 radical (unpaired) electrons. The number of esters is 1. The van der Waals surface area contributed by atoms with Gasteiger partial charge in [-0.15, -0.1) is 0 Å². The van der Waals surface area contributed by atoms with Crippen molar-refractivity contribution >= 4 is 5.97 Å². The second-order valence-electron chi connectivity index (χ2n) is 4.18. The minimum atomic E-state index is -0.465. The summed E-state index contributed by atoms with van der Waals surface area (Å²) >= 11 is 0. The molecule has 4 heteroatoms. The Morgan fingerprint density at radius 1 is 1.38 bits per heavy atom. The van der Waals surface area contributed by atoms with Crippen LogP contribution in [0, 0.1) is 0 Å². The lowest BCUT2D eigenvalue weighted by molar-refractivity contribution is -0.164. The van der Waals surface area contributed by atoms with Gasteiger partial charge >= 0.3 is 5.97 Å². The van der Waals surface area contributed by atoms with Gasteiger partial charge in [0.25, 0.3) is 0 Å². The van der Waals surface area contributed by atoms with Crippen LogP contribution in [0.2, 0.25) is 0 Å². The van der Waals surface area contributed by atoms with Crippen LogP contribution in [0.1, 0.15) is 39.5 Å². The Morgan fingerprint density at radius 2 is 2.06 bits per heavy atom. The summed E-state index contributed by atoms with van der Waals surface area (Å²) in [5.74, 6) is -0.261. The molecule has 0 unspecified atom stereocenters. The molecule has 3 atom stereocenters. The molecule has 1 saturated carbocycles. The monoisotopic (exact) mass is 230 g/mol. The largest absolute Gasteiger partial charge is 0.460 e. The first-order chi connectivity index (χ1) is 7.67. The highest BCUT2D eigenvalue weighted by Crippen LogP contribution is 2.23. The van der Waals surface area contributed by atoms with Gasteiger partial charge in [0.1, 0.15) is 6.10 Å². The van der Waals surface area contributed by atoms with Crippen LogP contribution in [0.5, 0.6) is 0 Å². The lowest BCUT2D eigenvalue weighted by atomic mass is 9.95. The number of hydrogen-bond acceptors (Lipinski definition) is 4. The van der Waals surface area contributed by atoms with Crippen LogP contribution in [-0.4, -0.2) is 38.0 Å². The summed E-state index contributed by atoms with van der Waals surface area (Å²) in [4.78, 5) is 11.6. The van der Waals surface area contributed by atoms with Crippen LogP contribution in [0.4, 0.5) is 0 Å². The molecule has 0 aromatic rings. The fourth-order valence-electron chi connectivity index (χ4n) is 2.00. The third-order valence-electron chi connectivity index (χ3n) is 2.94. The molecule has 0 spiro atoms. The smallest absolute Gasteiger partial charge is 0.335 e. The van der Waals surface area contributed by atoms with Crippen LogP contribution < -0.4 is 0 Å². The van der Waals surface area contributed by atoms with Crippen LogP contribution in [0.3, 0.4) is 0 Å². The van der Waals surface area contributed by atoms with Gasteiger partial charge in [0.15, 0.2) is 6.10 Å². The molecule has 94 valence electrons. The molecule has 0 bridgehead atoms. The van der Waals surface area contributed by atoms with Gasteiger partial charge in [-0.3, -0.25) is 0 Å². The third-order valence-corrected chi connectivity index (χ3v) is 2.94. The molecule has 1 fully saturated rings. The first kappa shape index (κ1) is 13.5. The molecule has 0 heterocycles. The predicted molar refractivity (Wildman–Crippen MR) is 60.2 cm³/mol. The molecule has 16 heavy (non-hydrogen) atoms. The summed E-state index contributed by atoms with van der Waals surface area (Å²) < 4.78 is 15.9. The van der Waals surface area contributed by atoms with Crippen molar-refractivity contribution in [1.82, 2.24) is 0 Å². The zero-order valence-electron chi connectivity index (χ0n) is 10.4. The molecule has 0 amide bonds. The summed E-state index contributed by atoms with van der Waals surface area (Å²) in [6.45, 7) is 4.12. The van der Waals surface area contributed by atoms with E-state index in [1.165, 1.54) is 0 Å². The summed E-state index contributed by atoms with van der Waals surface area (Å²) in [5.41, 5.74) is 0. The molecule has 0 saturated heterocycles. The first-order valence-corrected chi connectivity index (χ1v) is 6.02. The lowest BCUT2D eigenvalue weighted by Crippen LogP contribution is -2.33. The Hall–Kier alpha value is -0.610. The van der Waals surface area contributed by atoms with Gasteiger partial charge in [-0.05, 0) is 33.1 Å². The number of carbonyl (C=O) groups excluding carboxylic acids is 1. The Kier molecular flexibility index (Phi) is 5.77. The van der Waals surface area contributed by atoms with Crippen molar-refractivity contribution in [3.8, 4) is 0 Å². The second kappa shape index (κ2) is 6.86. The number of rotatable bonds is 5. The third kappa shape index (κ3) is 4.10. The summed E-state index contributed by atoms with van der Waals surface area (Å²) in [6, 6.07) is 0. The normalized spacial score (nSPS) is 27.4. The average molecular weight is 230 g/mol. The molecule has 1 aliphatic rings. The van der Waals surface area contributed by atoms with Gasteiger partial charge in [0, 0.05) is 20.1 Å². The first-order valence-electron chi connectivity index (χ1n) is 6.02. The van der Waals surface area contributed by atoms with Gasteiger partial charge < -0.3 is 14.2 Å². The van der Waals surface area contributed by atoms with E-state index in [1.807, 2.05) is 6.92 Å². The van der Waals surface area contributed by atoms with Gasteiger partial charge in [-0.1, -0.05) is 0 Å². The molecular formula is C12H22O4. The molecule has 0 aromatic heterocycles. The highest BCUT2D eigenvalue weighted by atomic mass is 16.6. The average Bonchev–Trinajstić information content (AvgIpc) is 2.29. The van der Waals surface area contributed by atoms with Crippen molar-refractivity contribution < 1.29 is 19.0 Å². The molecule has 1 rings (SSSR count). The number of carbonyl (C=O) groups is 1. The Morgan fingerprint density at radius 3 is 2.69 bits per heavy atom. The SMILES string of the molecule is CCO[C@H](C)C(=O)O[C@H]1CCC[C@@H](OC)C1. The summed E-state index contributed by atoms with van der Waals surface area (Å²) in [5, 5.41) is 0. The van der Waals surface area contributed by atoms with E-state index in [1.54, 1.807) is 14.0 Å². The van der Waals surface area contributed by atoms with Crippen molar-refractivity contribution in [2.24, 2.45) is 0 Å². The molecule has 1 aliphatic carbocycles. The fraction of sp³-hybridized carbons (Fsp3) is 0.917. The second-order valence-corrected chi connectivity index (χ2v) is 4.18. The van der Waals surface area contributed by atoms with Gasteiger partial charge in [-0.25, -0.2) is 4.79 Å². The Labute approximate surface area is 97.2 Å². The predicted octanol–water partition coefficient (Wildman–Crippen LogP) is 1.91. The van der Waals surface area contributed by atoms with Crippen molar-refractivity contribution in [2.45, 2.75) is 57.8 Å². The van der Waals surface area contributed by atoms with Crippen LogP contribution in [0.25, 0.3) is 0 Å². The van der Waals surface area contributed by atoms with Crippen LogP contribution in [-0.2, 0) is 19.0 Å². The van der Waals surface area contributed by atoms with Gasteiger partial charge in [0.2, 0.25) is 0 Å². The van der Waals surface area contributed by atoms with Gasteiger partial charge in [0.05, 0.1) is 6.10 Å². The molecule has 4 nitrogen and oxygen atoms in total. The maximum atomic E-state index is 11.6. The van der Waals surface area contributed by atoms with E-state index in [2.05, 4.69) is 0 Å². The highest BCUT2D eigenvalue weighted by molar-refractivity contribution is 5.74. The van der Waals surface area contributed by atoms with Crippen LogP contribution in [0.15, 0.2) is 0 Å². The lowest BCUT2D eigenvalue weighted by Gasteiger charge is -2.28. The molecule has 0 aromatic carbocycles. The van der Waals surface area contributed by atoms with E-state index in [-0.39, 0.29) is 18.2 Å². The number of ether oxygens (including phenoxy) is 3. The van der Waals surface area contributed by atoms with E-state index in [0.717, 1.165) is 25.7 Å². The minimum absolute atomic E-state index is 0.00546. The maximum absolute atomic E-state index is 11.6.